The van der Waals surface area contributed by atoms with Gasteiger partial charge in [0.1, 0.15) is 5.82 Å². The lowest BCUT2D eigenvalue weighted by Crippen LogP contribution is -2.10. The summed E-state index contributed by atoms with van der Waals surface area (Å²) >= 11 is 6.36. The monoisotopic (exact) mass is 380 g/mol. The second-order valence-corrected chi connectivity index (χ2v) is 6.91. The van der Waals surface area contributed by atoms with Crippen molar-refractivity contribution in [2.45, 2.75) is 19.8 Å². The Morgan fingerprint density at radius 1 is 1.26 bits per heavy atom. The number of anilines is 1. The van der Waals surface area contributed by atoms with Gasteiger partial charge in [-0.15, -0.1) is 0 Å². The maximum absolute atomic E-state index is 12.2. The van der Waals surface area contributed by atoms with E-state index >= 15 is 0 Å². The molecule has 0 saturated carbocycles. The van der Waals surface area contributed by atoms with E-state index in [4.69, 9.17) is 16.0 Å². The number of aromatic amines is 1. The van der Waals surface area contributed by atoms with Gasteiger partial charge in [0, 0.05) is 17.4 Å². The van der Waals surface area contributed by atoms with Gasteiger partial charge in [-0.2, -0.15) is 0 Å². The summed E-state index contributed by atoms with van der Waals surface area (Å²) in [6, 6.07) is 10.5. The first-order valence-electron chi connectivity index (χ1n) is 8.51. The van der Waals surface area contributed by atoms with Gasteiger partial charge in [0.25, 0.3) is 5.91 Å². The average Bonchev–Trinajstić information content (AvgIpc) is 3.32. The predicted octanol–water partition coefficient (Wildman–Crippen LogP) is 5.25. The Hall–Kier alpha value is -3.12. The fourth-order valence-corrected chi connectivity index (χ4v) is 2.95. The lowest BCUT2D eigenvalue weighted by Gasteiger charge is -2.07. The topological polar surface area (TPSA) is 83.8 Å². The standard InChI is InChI=1S/C20H17ClN4O2/c1-11(2)12-8-16-19(22-10-12)25-18(24-16)14-9-13(5-6-15(14)21)23-20(26)17-4-3-7-27-17/h3-11H,1-2H3,(H,23,26)(H,22,24,25). The van der Waals surface area contributed by atoms with E-state index in [1.165, 1.54) is 6.26 Å². The number of pyridine rings is 1. The van der Waals surface area contributed by atoms with Crippen LogP contribution in [0.4, 0.5) is 5.69 Å². The number of carbonyl (C=O) groups is 1. The molecule has 0 unspecified atom stereocenters. The molecule has 0 saturated heterocycles. The number of amides is 1. The molecular formula is C20H17ClN4O2. The lowest BCUT2D eigenvalue weighted by atomic mass is 10.1. The van der Waals surface area contributed by atoms with Gasteiger partial charge >= 0.3 is 0 Å². The predicted molar refractivity (Wildman–Crippen MR) is 105 cm³/mol. The van der Waals surface area contributed by atoms with E-state index in [0.717, 1.165) is 11.1 Å². The normalized spacial score (nSPS) is 11.3. The van der Waals surface area contributed by atoms with E-state index in [0.29, 0.717) is 33.7 Å². The third-order valence-corrected chi connectivity index (χ3v) is 4.58. The fourth-order valence-electron chi connectivity index (χ4n) is 2.74. The van der Waals surface area contributed by atoms with E-state index < -0.39 is 0 Å². The molecule has 7 heteroatoms. The quantitative estimate of drug-likeness (QED) is 0.506. The number of nitrogens with zero attached hydrogens (tertiary/aromatic N) is 2. The summed E-state index contributed by atoms with van der Waals surface area (Å²) in [5, 5.41) is 3.31. The van der Waals surface area contributed by atoms with Gasteiger partial charge < -0.3 is 14.7 Å². The van der Waals surface area contributed by atoms with Gasteiger partial charge in [0.15, 0.2) is 11.4 Å². The first-order chi connectivity index (χ1) is 13.0. The number of nitrogens with one attached hydrogen (secondary N) is 2. The van der Waals surface area contributed by atoms with Crippen LogP contribution in [0.15, 0.2) is 53.3 Å². The van der Waals surface area contributed by atoms with Crippen LogP contribution < -0.4 is 5.32 Å². The minimum Gasteiger partial charge on any atom is -0.459 e. The van der Waals surface area contributed by atoms with Gasteiger partial charge in [-0.3, -0.25) is 4.79 Å². The molecule has 0 aliphatic heterocycles. The number of H-pyrrole nitrogens is 1. The van der Waals surface area contributed by atoms with E-state index in [-0.39, 0.29) is 11.7 Å². The molecule has 0 atom stereocenters. The number of rotatable bonds is 4. The van der Waals surface area contributed by atoms with Gasteiger partial charge in [0.2, 0.25) is 0 Å². The van der Waals surface area contributed by atoms with Crippen LogP contribution in [0.5, 0.6) is 0 Å². The lowest BCUT2D eigenvalue weighted by molar-refractivity contribution is 0.0996. The van der Waals surface area contributed by atoms with Crippen molar-refractivity contribution in [3.8, 4) is 11.4 Å². The van der Waals surface area contributed by atoms with Crippen LogP contribution in [0.3, 0.4) is 0 Å². The van der Waals surface area contributed by atoms with Crippen LogP contribution in [-0.2, 0) is 0 Å². The number of carbonyl (C=O) groups excluding carboxylic acids is 1. The first-order valence-corrected chi connectivity index (χ1v) is 8.89. The summed E-state index contributed by atoms with van der Waals surface area (Å²) in [4.78, 5) is 24.4. The van der Waals surface area contributed by atoms with Crippen molar-refractivity contribution in [1.82, 2.24) is 15.0 Å². The third-order valence-electron chi connectivity index (χ3n) is 4.25. The zero-order valence-electron chi connectivity index (χ0n) is 14.8. The van der Waals surface area contributed by atoms with Gasteiger partial charge in [-0.05, 0) is 47.9 Å². The fraction of sp³-hybridized carbons (Fsp3) is 0.150. The minimum atomic E-state index is -0.332. The van der Waals surface area contributed by atoms with Crippen LogP contribution in [0.2, 0.25) is 5.02 Å². The highest BCUT2D eigenvalue weighted by atomic mass is 35.5. The largest absolute Gasteiger partial charge is 0.459 e. The Morgan fingerprint density at radius 2 is 2.11 bits per heavy atom. The van der Waals surface area contributed by atoms with Gasteiger partial charge in [-0.1, -0.05) is 25.4 Å². The number of hydrogen-bond acceptors (Lipinski definition) is 4. The minimum absolute atomic E-state index is 0.237. The van der Waals surface area contributed by atoms with E-state index in [9.17, 15) is 4.79 Å². The molecular weight excluding hydrogens is 364 g/mol. The second-order valence-electron chi connectivity index (χ2n) is 6.51. The van der Waals surface area contributed by atoms with Crippen molar-refractivity contribution in [3.63, 3.8) is 0 Å². The van der Waals surface area contributed by atoms with Crippen molar-refractivity contribution in [2.24, 2.45) is 0 Å². The molecule has 1 amide bonds. The number of fused-ring (bicyclic) bond motifs is 1. The van der Waals surface area contributed by atoms with Crippen LogP contribution in [0.1, 0.15) is 35.9 Å². The van der Waals surface area contributed by atoms with E-state index in [1.54, 1.807) is 30.3 Å². The zero-order valence-corrected chi connectivity index (χ0v) is 15.5. The van der Waals surface area contributed by atoms with Crippen LogP contribution >= 0.6 is 11.6 Å². The SMILES string of the molecule is CC(C)c1cnc2nc(-c3cc(NC(=O)c4ccco4)ccc3Cl)[nH]c2c1. The Morgan fingerprint density at radius 3 is 2.85 bits per heavy atom. The average molecular weight is 381 g/mol. The molecule has 27 heavy (non-hydrogen) atoms. The molecule has 1 aromatic carbocycles. The molecule has 6 nitrogen and oxygen atoms in total. The summed E-state index contributed by atoms with van der Waals surface area (Å²) in [5.74, 6) is 0.872. The molecule has 3 heterocycles. The molecule has 0 bridgehead atoms. The van der Waals surface area contributed by atoms with Crippen molar-refractivity contribution in [2.75, 3.05) is 5.32 Å². The summed E-state index contributed by atoms with van der Waals surface area (Å²) in [6.45, 7) is 4.23. The zero-order chi connectivity index (χ0) is 19.0. The molecule has 2 N–H and O–H groups in total. The molecule has 0 aliphatic carbocycles. The maximum atomic E-state index is 12.2. The Labute approximate surface area is 160 Å². The van der Waals surface area contributed by atoms with Crippen molar-refractivity contribution >= 4 is 34.4 Å². The molecule has 136 valence electrons. The number of imidazole rings is 1. The number of hydrogen-bond donors (Lipinski definition) is 2. The van der Waals surface area contributed by atoms with Crippen molar-refractivity contribution < 1.29 is 9.21 Å². The van der Waals surface area contributed by atoms with Crippen LogP contribution in [0.25, 0.3) is 22.6 Å². The summed E-state index contributed by atoms with van der Waals surface area (Å²) in [7, 11) is 0. The van der Waals surface area contributed by atoms with Crippen molar-refractivity contribution in [1.29, 1.82) is 0 Å². The Bertz CT molecular complexity index is 1120. The van der Waals surface area contributed by atoms with Crippen LogP contribution in [-0.4, -0.2) is 20.9 Å². The highest BCUT2D eigenvalue weighted by molar-refractivity contribution is 6.33. The second kappa shape index (κ2) is 6.89. The number of aromatic nitrogens is 3. The molecule has 3 aromatic heterocycles. The molecule has 0 spiro atoms. The van der Waals surface area contributed by atoms with E-state index in [1.807, 2.05) is 12.3 Å². The molecule has 0 fully saturated rings. The molecule has 0 radical (unpaired) electrons. The summed E-state index contributed by atoms with van der Waals surface area (Å²) in [5.41, 5.74) is 3.86. The van der Waals surface area contributed by atoms with Gasteiger partial charge in [-0.25, -0.2) is 9.97 Å². The number of halogens is 1. The van der Waals surface area contributed by atoms with E-state index in [2.05, 4.69) is 34.1 Å². The highest BCUT2D eigenvalue weighted by Crippen LogP contribution is 2.30. The van der Waals surface area contributed by atoms with Crippen LogP contribution in [0, 0.1) is 0 Å². The number of benzene rings is 1. The highest BCUT2D eigenvalue weighted by Gasteiger charge is 2.14. The first kappa shape index (κ1) is 17.3. The smallest absolute Gasteiger partial charge is 0.291 e. The summed E-state index contributed by atoms with van der Waals surface area (Å²) in [6.07, 6.45) is 3.29. The third kappa shape index (κ3) is 3.44. The molecule has 4 aromatic rings. The Balaban J connectivity index is 1.69. The molecule has 4 rings (SSSR count). The molecule has 0 aliphatic rings. The maximum Gasteiger partial charge on any atom is 0.291 e. The Kier molecular flexibility index (Phi) is 4.41. The number of furan rings is 1. The van der Waals surface area contributed by atoms with Crippen molar-refractivity contribution in [3.05, 3.63) is 65.2 Å². The van der Waals surface area contributed by atoms with Gasteiger partial charge in [0.05, 0.1) is 16.8 Å². The summed E-state index contributed by atoms with van der Waals surface area (Å²) < 4.78 is 5.11.